The zero-order valence-corrected chi connectivity index (χ0v) is 9.68. The highest BCUT2D eigenvalue weighted by molar-refractivity contribution is 5.93. The van der Waals surface area contributed by atoms with E-state index in [4.69, 9.17) is 0 Å². The molecule has 0 amide bonds. The molecule has 0 spiro atoms. The van der Waals surface area contributed by atoms with Crippen LogP contribution >= 0.6 is 0 Å². The zero-order chi connectivity index (χ0) is 11.5. The third-order valence-electron chi connectivity index (χ3n) is 2.83. The van der Waals surface area contributed by atoms with E-state index in [0.717, 1.165) is 32.1 Å². The number of anilines is 1. The summed E-state index contributed by atoms with van der Waals surface area (Å²) in [7, 11) is 2.11. The van der Waals surface area contributed by atoms with Crippen LogP contribution in [-0.4, -0.2) is 53.9 Å². The first-order valence-electron chi connectivity index (χ1n) is 5.43. The molecule has 0 radical (unpaired) electrons. The Hall–Kier alpha value is -1.49. The van der Waals surface area contributed by atoms with Crippen LogP contribution in [0.3, 0.4) is 0 Å². The van der Waals surface area contributed by atoms with Gasteiger partial charge in [0.15, 0.2) is 5.78 Å². The summed E-state index contributed by atoms with van der Waals surface area (Å²) in [5.74, 6) is 0.725. The second-order valence-electron chi connectivity index (χ2n) is 4.12. The Morgan fingerprint density at radius 2 is 1.75 bits per heavy atom. The SMILES string of the molecule is CC(=O)c1cnc(N2CCN(C)CC2)nc1. The maximum atomic E-state index is 11.1. The highest BCUT2D eigenvalue weighted by atomic mass is 16.1. The van der Waals surface area contributed by atoms with E-state index < -0.39 is 0 Å². The quantitative estimate of drug-likeness (QED) is 0.676. The van der Waals surface area contributed by atoms with Crippen molar-refractivity contribution in [3.63, 3.8) is 0 Å². The van der Waals surface area contributed by atoms with Gasteiger partial charge in [0, 0.05) is 38.6 Å². The number of piperazine rings is 1. The lowest BCUT2D eigenvalue weighted by Crippen LogP contribution is -2.45. The van der Waals surface area contributed by atoms with Gasteiger partial charge in [-0.3, -0.25) is 4.79 Å². The molecule has 1 aliphatic heterocycles. The first-order chi connectivity index (χ1) is 7.66. The van der Waals surface area contributed by atoms with E-state index >= 15 is 0 Å². The fraction of sp³-hybridized carbons (Fsp3) is 0.545. The Morgan fingerprint density at radius 1 is 1.19 bits per heavy atom. The summed E-state index contributed by atoms with van der Waals surface area (Å²) in [6, 6.07) is 0. The minimum absolute atomic E-state index is 0.00456. The van der Waals surface area contributed by atoms with E-state index in [9.17, 15) is 4.79 Å². The first kappa shape index (κ1) is 11.0. The number of carbonyl (C=O) groups is 1. The number of rotatable bonds is 2. The lowest BCUT2D eigenvalue weighted by Gasteiger charge is -2.32. The number of hydrogen-bond donors (Lipinski definition) is 0. The van der Waals surface area contributed by atoms with Crippen LogP contribution in [0.5, 0.6) is 0 Å². The molecular weight excluding hydrogens is 204 g/mol. The number of ketones is 1. The topological polar surface area (TPSA) is 49.3 Å². The van der Waals surface area contributed by atoms with E-state index in [1.165, 1.54) is 6.92 Å². The second-order valence-corrected chi connectivity index (χ2v) is 4.12. The van der Waals surface area contributed by atoms with Crippen molar-refractivity contribution >= 4 is 11.7 Å². The number of carbonyl (C=O) groups excluding carboxylic acids is 1. The van der Waals surface area contributed by atoms with Crippen molar-refractivity contribution in [1.82, 2.24) is 14.9 Å². The van der Waals surface area contributed by atoms with Gasteiger partial charge < -0.3 is 9.80 Å². The summed E-state index contributed by atoms with van der Waals surface area (Å²) >= 11 is 0. The van der Waals surface area contributed by atoms with Crippen molar-refractivity contribution in [3.05, 3.63) is 18.0 Å². The summed E-state index contributed by atoms with van der Waals surface area (Å²) in [6.07, 6.45) is 3.20. The fourth-order valence-corrected chi connectivity index (χ4v) is 1.67. The van der Waals surface area contributed by atoms with Crippen molar-refractivity contribution in [2.24, 2.45) is 0 Å². The molecule has 1 aliphatic rings. The van der Waals surface area contributed by atoms with E-state index in [0.29, 0.717) is 5.56 Å². The summed E-state index contributed by atoms with van der Waals surface area (Å²) in [4.78, 5) is 23.9. The van der Waals surface area contributed by atoms with Gasteiger partial charge in [0.05, 0.1) is 5.56 Å². The lowest BCUT2D eigenvalue weighted by atomic mass is 10.2. The summed E-state index contributed by atoms with van der Waals surface area (Å²) in [6.45, 7) is 5.45. The molecule has 86 valence electrons. The van der Waals surface area contributed by atoms with Gasteiger partial charge in [-0.1, -0.05) is 0 Å². The zero-order valence-electron chi connectivity index (χ0n) is 9.68. The maximum Gasteiger partial charge on any atom is 0.225 e. The van der Waals surface area contributed by atoms with Crippen molar-refractivity contribution in [2.45, 2.75) is 6.92 Å². The molecular formula is C11H16N4O. The highest BCUT2D eigenvalue weighted by Gasteiger charge is 2.16. The molecule has 5 nitrogen and oxygen atoms in total. The molecule has 16 heavy (non-hydrogen) atoms. The second kappa shape index (κ2) is 4.57. The molecule has 1 saturated heterocycles. The average molecular weight is 220 g/mol. The Bertz CT molecular complexity index is 368. The minimum Gasteiger partial charge on any atom is -0.338 e. The Balaban J connectivity index is 2.07. The van der Waals surface area contributed by atoms with E-state index in [-0.39, 0.29) is 5.78 Å². The smallest absolute Gasteiger partial charge is 0.225 e. The first-order valence-corrected chi connectivity index (χ1v) is 5.43. The average Bonchev–Trinajstić information content (AvgIpc) is 2.30. The van der Waals surface area contributed by atoms with Gasteiger partial charge in [-0.2, -0.15) is 0 Å². The predicted octanol–water partition coefficient (Wildman–Crippen LogP) is 0.431. The normalized spacial score (nSPS) is 17.5. The molecule has 0 unspecified atom stereocenters. The number of nitrogens with zero attached hydrogens (tertiary/aromatic N) is 4. The van der Waals surface area contributed by atoms with Crippen molar-refractivity contribution in [2.75, 3.05) is 38.1 Å². The van der Waals surface area contributed by atoms with Gasteiger partial charge in [-0.25, -0.2) is 9.97 Å². The van der Waals surface area contributed by atoms with Gasteiger partial charge in [-0.15, -0.1) is 0 Å². The summed E-state index contributed by atoms with van der Waals surface area (Å²) < 4.78 is 0. The molecule has 0 saturated carbocycles. The molecule has 0 aliphatic carbocycles. The van der Waals surface area contributed by atoms with Gasteiger partial charge >= 0.3 is 0 Å². The van der Waals surface area contributed by atoms with Crippen LogP contribution in [0, 0.1) is 0 Å². The van der Waals surface area contributed by atoms with Crippen molar-refractivity contribution < 1.29 is 4.79 Å². The van der Waals surface area contributed by atoms with Crippen LogP contribution in [0.15, 0.2) is 12.4 Å². The lowest BCUT2D eigenvalue weighted by molar-refractivity contribution is 0.101. The highest BCUT2D eigenvalue weighted by Crippen LogP contribution is 2.10. The molecule has 0 atom stereocenters. The monoisotopic (exact) mass is 220 g/mol. The standard InChI is InChI=1S/C11H16N4O/c1-9(16)10-7-12-11(13-8-10)15-5-3-14(2)4-6-15/h7-8H,3-6H2,1-2H3. The number of hydrogen-bond acceptors (Lipinski definition) is 5. The largest absolute Gasteiger partial charge is 0.338 e. The molecule has 1 aromatic rings. The van der Waals surface area contributed by atoms with Gasteiger partial charge in [-0.05, 0) is 14.0 Å². The van der Waals surface area contributed by atoms with Crippen LogP contribution in [0.1, 0.15) is 17.3 Å². The van der Waals surface area contributed by atoms with Gasteiger partial charge in [0.2, 0.25) is 5.95 Å². The molecule has 0 bridgehead atoms. The van der Waals surface area contributed by atoms with Gasteiger partial charge in [0.1, 0.15) is 0 Å². The molecule has 0 N–H and O–H groups in total. The predicted molar refractivity (Wildman–Crippen MR) is 61.7 cm³/mol. The molecule has 1 aromatic heterocycles. The van der Waals surface area contributed by atoms with Crippen LogP contribution in [0.25, 0.3) is 0 Å². The fourth-order valence-electron chi connectivity index (χ4n) is 1.67. The molecule has 0 aromatic carbocycles. The van der Waals surface area contributed by atoms with Gasteiger partial charge in [0.25, 0.3) is 0 Å². The Morgan fingerprint density at radius 3 is 2.25 bits per heavy atom. The van der Waals surface area contributed by atoms with E-state index in [2.05, 4.69) is 26.8 Å². The Kier molecular flexibility index (Phi) is 3.14. The number of aromatic nitrogens is 2. The number of likely N-dealkylation sites (N-methyl/N-ethyl adjacent to an activating group) is 1. The molecule has 1 fully saturated rings. The molecule has 5 heteroatoms. The number of Topliss-reactive ketones (excluding diaryl/α,β-unsaturated/α-hetero) is 1. The third kappa shape index (κ3) is 2.36. The molecule has 2 rings (SSSR count). The maximum absolute atomic E-state index is 11.1. The summed E-state index contributed by atoms with van der Waals surface area (Å²) in [5.41, 5.74) is 0.567. The minimum atomic E-state index is 0.00456. The van der Waals surface area contributed by atoms with E-state index in [1.54, 1.807) is 12.4 Å². The summed E-state index contributed by atoms with van der Waals surface area (Å²) in [5, 5.41) is 0. The van der Waals surface area contributed by atoms with Crippen molar-refractivity contribution in [1.29, 1.82) is 0 Å². The molecule has 2 heterocycles. The van der Waals surface area contributed by atoms with Crippen molar-refractivity contribution in [3.8, 4) is 0 Å². The van der Waals surface area contributed by atoms with Crippen LogP contribution in [-0.2, 0) is 0 Å². The van der Waals surface area contributed by atoms with Crippen LogP contribution < -0.4 is 4.90 Å². The third-order valence-corrected chi connectivity index (χ3v) is 2.83. The Labute approximate surface area is 95.1 Å². The van der Waals surface area contributed by atoms with E-state index in [1.807, 2.05) is 0 Å². The van der Waals surface area contributed by atoms with Crippen LogP contribution in [0.2, 0.25) is 0 Å². The van der Waals surface area contributed by atoms with Crippen LogP contribution in [0.4, 0.5) is 5.95 Å².